The van der Waals surface area contributed by atoms with Crippen molar-refractivity contribution in [3.05, 3.63) is 28.2 Å². The van der Waals surface area contributed by atoms with Gasteiger partial charge in [-0.2, -0.15) is 5.26 Å². The number of anilines is 1. The topological polar surface area (TPSA) is 56.0 Å². The molecule has 0 unspecified atom stereocenters. The minimum absolute atomic E-state index is 0.147. The highest BCUT2D eigenvalue weighted by Gasteiger charge is 2.20. The lowest BCUT2D eigenvalue weighted by molar-refractivity contribution is 0.126. The molecule has 1 saturated carbocycles. The number of rotatable bonds is 2. The first-order valence-electron chi connectivity index (χ1n) is 5.84. The van der Waals surface area contributed by atoms with Gasteiger partial charge in [-0.05, 0) is 53.7 Å². The van der Waals surface area contributed by atoms with Crippen molar-refractivity contribution >= 4 is 21.6 Å². The Morgan fingerprint density at radius 1 is 1.29 bits per heavy atom. The van der Waals surface area contributed by atoms with E-state index >= 15 is 0 Å². The average Bonchev–Trinajstić information content (AvgIpc) is 2.32. The van der Waals surface area contributed by atoms with Crippen LogP contribution in [0.5, 0.6) is 0 Å². The summed E-state index contributed by atoms with van der Waals surface area (Å²) in [6.07, 6.45) is 3.45. The van der Waals surface area contributed by atoms with Gasteiger partial charge < -0.3 is 10.4 Å². The largest absolute Gasteiger partial charge is 0.393 e. The van der Waals surface area contributed by atoms with Crippen LogP contribution in [0.25, 0.3) is 0 Å². The van der Waals surface area contributed by atoms with E-state index in [1.54, 1.807) is 0 Å². The van der Waals surface area contributed by atoms with Crippen LogP contribution < -0.4 is 5.32 Å². The van der Waals surface area contributed by atoms with Crippen LogP contribution in [-0.2, 0) is 0 Å². The summed E-state index contributed by atoms with van der Waals surface area (Å²) in [7, 11) is 0. The van der Waals surface area contributed by atoms with Gasteiger partial charge in [-0.15, -0.1) is 0 Å². The molecule has 1 aromatic rings. The maximum atomic E-state index is 9.45. The summed E-state index contributed by atoms with van der Waals surface area (Å²) in [5.41, 5.74) is 1.53. The van der Waals surface area contributed by atoms with E-state index in [2.05, 4.69) is 27.3 Å². The molecule has 90 valence electrons. The van der Waals surface area contributed by atoms with Crippen molar-refractivity contribution < 1.29 is 5.11 Å². The maximum absolute atomic E-state index is 9.45. The number of aliphatic hydroxyl groups excluding tert-OH is 1. The predicted octanol–water partition coefficient (Wildman–Crippen LogP) is 3.04. The molecule has 0 aromatic heterocycles. The molecule has 0 bridgehead atoms. The van der Waals surface area contributed by atoms with Crippen LogP contribution in [0.3, 0.4) is 0 Å². The summed E-state index contributed by atoms with van der Waals surface area (Å²) in [6.45, 7) is 0. The number of hydrogen-bond donors (Lipinski definition) is 2. The third-order valence-electron chi connectivity index (χ3n) is 3.18. The van der Waals surface area contributed by atoms with Crippen molar-refractivity contribution in [2.75, 3.05) is 5.32 Å². The SMILES string of the molecule is N#Cc1c(Br)cccc1NC1CCC(O)CC1. The first-order chi connectivity index (χ1) is 8.20. The molecule has 0 atom stereocenters. The molecule has 17 heavy (non-hydrogen) atoms. The van der Waals surface area contributed by atoms with E-state index in [9.17, 15) is 5.11 Å². The van der Waals surface area contributed by atoms with Gasteiger partial charge in [-0.3, -0.25) is 0 Å². The Hall–Kier alpha value is -1.05. The molecule has 0 heterocycles. The van der Waals surface area contributed by atoms with Gasteiger partial charge in [0.2, 0.25) is 0 Å². The predicted molar refractivity (Wildman–Crippen MR) is 70.7 cm³/mol. The summed E-state index contributed by atoms with van der Waals surface area (Å²) >= 11 is 3.38. The standard InChI is InChI=1S/C13H15BrN2O/c14-12-2-1-3-13(11(12)8-15)16-9-4-6-10(17)7-5-9/h1-3,9-10,16-17H,4-7H2. The Bertz CT molecular complexity index is 434. The molecule has 4 heteroatoms. The Balaban J connectivity index is 2.09. The maximum Gasteiger partial charge on any atom is 0.103 e. The van der Waals surface area contributed by atoms with E-state index in [0.717, 1.165) is 35.8 Å². The number of aliphatic hydroxyl groups is 1. The highest BCUT2D eigenvalue weighted by Crippen LogP contribution is 2.27. The number of nitrogens with one attached hydrogen (secondary N) is 1. The normalized spacial score (nSPS) is 24.1. The molecule has 2 N–H and O–H groups in total. The van der Waals surface area contributed by atoms with Crippen LogP contribution in [0.4, 0.5) is 5.69 Å². The van der Waals surface area contributed by atoms with Crippen molar-refractivity contribution in [1.82, 2.24) is 0 Å². The molecule has 0 amide bonds. The quantitative estimate of drug-likeness (QED) is 0.881. The number of nitrogens with zero attached hydrogens (tertiary/aromatic N) is 1. The summed E-state index contributed by atoms with van der Waals surface area (Å²) < 4.78 is 0.820. The zero-order chi connectivity index (χ0) is 12.3. The van der Waals surface area contributed by atoms with Crippen molar-refractivity contribution in [3.63, 3.8) is 0 Å². The second-order valence-electron chi connectivity index (χ2n) is 4.42. The molecule has 0 saturated heterocycles. The van der Waals surface area contributed by atoms with Gasteiger partial charge in [-0.25, -0.2) is 0 Å². The Morgan fingerprint density at radius 3 is 2.65 bits per heavy atom. The molecule has 1 aliphatic rings. The van der Waals surface area contributed by atoms with Gasteiger partial charge in [0, 0.05) is 10.5 Å². The molecule has 0 aliphatic heterocycles. The molecule has 1 aliphatic carbocycles. The lowest BCUT2D eigenvalue weighted by atomic mass is 9.93. The van der Waals surface area contributed by atoms with Crippen LogP contribution in [0, 0.1) is 11.3 Å². The number of nitriles is 1. The fraction of sp³-hybridized carbons (Fsp3) is 0.462. The lowest BCUT2D eigenvalue weighted by Gasteiger charge is -2.27. The third kappa shape index (κ3) is 2.99. The second kappa shape index (κ2) is 5.52. The van der Waals surface area contributed by atoms with Crippen molar-refractivity contribution in [1.29, 1.82) is 5.26 Å². The zero-order valence-electron chi connectivity index (χ0n) is 9.49. The van der Waals surface area contributed by atoms with Crippen LogP contribution in [0.1, 0.15) is 31.2 Å². The van der Waals surface area contributed by atoms with Gasteiger partial charge in [0.1, 0.15) is 6.07 Å². The Morgan fingerprint density at radius 2 is 2.00 bits per heavy atom. The van der Waals surface area contributed by atoms with Crippen LogP contribution >= 0.6 is 15.9 Å². The van der Waals surface area contributed by atoms with E-state index in [1.165, 1.54) is 0 Å². The van der Waals surface area contributed by atoms with Gasteiger partial charge in [-0.1, -0.05) is 6.07 Å². The van der Waals surface area contributed by atoms with E-state index in [4.69, 9.17) is 5.26 Å². The molecule has 3 nitrogen and oxygen atoms in total. The fourth-order valence-electron chi connectivity index (χ4n) is 2.20. The lowest BCUT2D eigenvalue weighted by Crippen LogP contribution is -2.28. The molecule has 2 rings (SSSR count). The van der Waals surface area contributed by atoms with Crippen LogP contribution in [0.2, 0.25) is 0 Å². The van der Waals surface area contributed by atoms with Crippen LogP contribution in [0.15, 0.2) is 22.7 Å². The highest BCUT2D eigenvalue weighted by molar-refractivity contribution is 9.10. The van der Waals surface area contributed by atoms with Gasteiger partial charge in [0.15, 0.2) is 0 Å². The minimum atomic E-state index is -0.147. The summed E-state index contributed by atoms with van der Waals surface area (Å²) in [6, 6.07) is 8.28. The van der Waals surface area contributed by atoms with E-state index in [-0.39, 0.29) is 6.10 Å². The fourth-order valence-corrected chi connectivity index (χ4v) is 2.65. The molecular formula is C13H15BrN2O. The van der Waals surface area contributed by atoms with Gasteiger partial charge in [0.25, 0.3) is 0 Å². The number of hydrogen-bond acceptors (Lipinski definition) is 3. The monoisotopic (exact) mass is 294 g/mol. The second-order valence-corrected chi connectivity index (χ2v) is 5.28. The Labute approximate surface area is 110 Å². The summed E-state index contributed by atoms with van der Waals surface area (Å²) in [5.74, 6) is 0. The van der Waals surface area contributed by atoms with Gasteiger partial charge in [0.05, 0.1) is 17.4 Å². The van der Waals surface area contributed by atoms with E-state index < -0.39 is 0 Å². The van der Waals surface area contributed by atoms with Gasteiger partial charge >= 0.3 is 0 Å². The molecule has 1 fully saturated rings. The van der Waals surface area contributed by atoms with E-state index in [1.807, 2.05) is 18.2 Å². The summed E-state index contributed by atoms with van der Waals surface area (Å²) in [5, 5.41) is 22.0. The first-order valence-corrected chi connectivity index (χ1v) is 6.63. The molecule has 0 radical (unpaired) electrons. The first kappa shape index (κ1) is 12.4. The van der Waals surface area contributed by atoms with Crippen LogP contribution in [-0.4, -0.2) is 17.3 Å². The van der Waals surface area contributed by atoms with Crippen molar-refractivity contribution in [2.45, 2.75) is 37.8 Å². The number of halogens is 1. The smallest absolute Gasteiger partial charge is 0.103 e. The minimum Gasteiger partial charge on any atom is -0.393 e. The molecular weight excluding hydrogens is 280 g/mol. The molecule has 1 aromatic carbocycles. The zero-order valence-corrected chi connectivity index (χ0v) is 11.1. The van der Waals surface area contributed by atoms with Crippen molar-refractivity contribution in [3.8, 4) is 6.07 Å². The third-order valence-corrected chi connectivity index (χ3v) is 3.84. The number of benzene rings is 1. The summed E-state index contributed by atoms with van der Waals surface area (Å²) in [4.78, 5) is 0. The highest BCUT2D eigenvalue weighted by atomic mass is 79.9. The van der Waals surface area contributed by atoms with E-state index in [0.29, 0.717) is 11.6 Å². The average molecular weight is 295 g/mol. The molecule has 0 spiro atoms. The van der Waals surface area contributed by atoms with Crippen molar-refractivity contribution in [2.24, 2.45) is 0 Å². The Kier molecular flexibility index (Phi) is 4.03.